The van der Waals surface area contributed by atoms with Crippen molar-refractivity contribution < 1.29 is 4.74 Å². The Morgan fingerprint density at radius 2 is 2.38 bits per heavy atom. The van der Waals surface area contributed by atoms with E-state index in [1.165, 1.54) is 11.3 Å². The van der Waals surface area contributed by atoms with E-state index in [-0.39, 0.29) is 0 Å². The SMILES string of the molecule is N#Cc1ccc(Cl)cc1OCc1cncs1. The molecule has 0 amide bonds. The predicted molar refractivity (Wildman–Crippen MR) is 62.6 cm³/mol. The molecule has 0 saturated carbocycles. The molecule has 1 aromatic heterocycles. The number of hydrogen-bond acceptors (Lipinski definition) is 4. The fourth-order valence-electron chi connectivity index (χ4n) is 1.17. The zero-order valence-corrected chi connectivity index (χ0v) is 9.76. The molecule has 3 nitrogen and oxygen atoms in total. The van der Waals surface area contributed by atoms with Gasteiger partial charge in [0.1, 0.15) is 18.4 Å². The van der Waals surface area contributed by atoms with Gasteiger partial charge in [-0.25, -0.2) is 0 Å². The van der Waals surface area contributed by atoms with Gasteiger partial charge in [0, 0.05) is 17.3 Å². The number of ether oxygens (including phenoxy) is 1. The summed E-state index contributed by atoms with van der Waals surface area (Å²) >= 11 is 7.34. The molecule has 80 valence electrons. The van der Waals surface area contributed by atoms with Crippen molar-refractivity contribution in [2.24, 2.45) is 0 Å². The van der Waals surface area contributed by atoms with Gasteiger partial charge in [-0.05, 0) is 12.1 Å². The van der Waals surface area contributed by atoms with Crippen LogP contribution in [0.4, 0.5) is 0 Å². The number of nitriles is 1. The van der Waals surface area contributed by atoms with Crippen LogP contribution in [0.15, 0.2) is 29.9 Å². The Labute approximate surface area is 102 Å². The van der Waals surface area contributed by atoms with Gasteiger partial charge in [0.25, 0.3) is 0 Å². The van der Waals surface area contributed by atoms with Gasteiger partial charge in [0.2, 0.25) is 0 Å². The lowest BCUT2D eigenvalue weighted by atomic mass is 10.2. The minimum atomic E-state index is 0.402. The summed E-state index contributed by atoms with van der Waals surface area (Å²) in [5, 5.41) is 9.44. The molecule has 1 heterocycles. The van der Waals surface area contributed by atoms with Crippen molar-refractivity contribution in [3.05, 3.63) is 45.4 Å². The maximum absolute atomic E-state index is 8.88. The third-order valence-electron chi connectivity index (χ3n) is 1.92. The summed E-state index contributed by atoms with van der Waals surface area (Å²) in [5.41, 5.74) is 2.22. The van der Waals surface area contributed by atoms with Crippen molar-refractivity contribution >= 4 is 22.9 Å². The van der Waals surface area contributed by atoms with Gasteiger partial charge in [-0.15, -0.1) is 11.3 Å². The number of benzene rings is 1. The van der Waals surface area contributed by atoms with Crippen LogP contribution in [0.25, 0.3) is 0 Å². The van der Waals surface area contributed by atoms with Gasteiger partial charge >= 0.3 is 0 Å². The molecule has 0 saturated heterocycles. The van der Waals surface area contributed by atoms with Gasteiger partial charge in [-0.1, -0.05) is 11.6 Å². The molecule has 1 aromatic carbocycles. The topological polar surface area (TPSA) is 45.9 Å². The number of aromatic nitrogens is 1. The van der Waals surface area contributed by atoms with E-state index in [0.717, 1.165) is 4.88 Å². The first-order valence-electron chi connectivity index (χ1n) is 4.49. The van der Waals surface area contributed by atoms with Crippen LogP contribution >= 0.6 is 22.9 Å². The normalized spacial score (nSPS) is 9.75. The molecule has 0 bridgehead atoms. The van der Waals surface area contributed by atoms with Crippen molar-refractivity contribution in [2.75, 3.05) is 0 Å². The number of hydrogen-bond donors (Lipinski definition) is 0. The molecule has 0 radical (unpaired) electrons. The first kappa shape index (κ1) is 10.9. The Bertz CT molecular complexity index is 519. The molecule has 0 spiro atoms. The third kappa shape index (κ3) is 2.51. The molecule has 2 rings (SSSR count). The van der Waals surface area contributed by atoms with E-state index in [0.29, 0.717) is 22.9 Å². The summed E-state index contributed by atoms with van der Waals surface area (Å²) in [5.74, 6) is 0.503. The van der Waals surface area contributed by atoms with E-state index in [1.807, 2.05) is 0 Å². The fraction of sp³-hybridized carbons (Fsp3) is 0.0909. The largest absolute Gasteiger partial charge is 0.487 e. The average Bonchev–Trinajstić information content (AvgIpc) is 2.79. The molecular formula is C11H7ClN2OS. The quantitative estimate of drug-likeness (QED) is 0.840. The summed E-state index contributed by atoms with van der Waals surface area (Å²) in [7, 11) is 0. The van der Waals surface area contributed by atoms with E-state index < -0.39 is 0 Å². The highest BCUT2D eigenvalue weighted by molar-refractivity contribution is 7.09. The third-order valence-corrected chi connectivity index (χ3v) is 2.91. The smallest absolute Gasteiger partial charge is 0.139 e. The standard InChI is InChI=1S/C11H7ClN2OS/c12-9-2-1-8(4-13)11(3-9)15-6-10-5-14-7-16-10/h1-3,5,7H,6H2. The van der Waals surface area contributed by atoms with Gasteiger partial charge in [0.15, 0.2) is 0 Å². The Morgan fingerprint density at radius 3 is 3.06 bits per heavy atom. The van der Waals surface area contributed by atoms with E-state index in [4.69, 9.17) is 21.6 Å². The summed E-state index contributed by atoms with van der Waals surface area (Å²) in [6.45, 7) is 0.402. The maximum Gasteiger partial charge on any atom is 0.139 e. The van der Waals surface area contributed by atoms with E-state index >= 15 is 0 Å². The highest BCUT2D eigenvalue weighted by atomic mass is 35.5. The lowest BCUT2D eigenvalue weighted by molar-refractivity contribution is 0.308. The van der Waals surface area contributed by atoms with Crippen LogP contribution in [0.2, 0.25) is 5.02 Å². The fourth-order valence-corrected chi connectivity index (χ4v) is 1.84. The second-order valence-electron chi connectivity index (χ2n) is 3.01. The summed E-state index contributed by atoms with van der Waals surface area (Å²) in [6.07, 6.45) is 1.74. The molecule has 0 aliphatic carbocycles. The zero-order chi connectivity index (χ0) is 11.4. The van der Waals surface area contributed by atoms with Crippen molar-refractivity contribution in [2.45, 2.75) is 6.61 Å². The molecular weight excluding hydrogens is 244 g/mol. The monoisotopic (exact) mass is 250 g/mol. The molecule has 0 unspecified atom stereocenters. The number of nitrogens with zero attached hydrogens (tertiary/aromatic N) is 2. The average molecular weight is 251 g/mol. The molecule has 2 aromatic rings. The Balaban J connectivity index is 2.15. The second-order valence-corrected chi connectivity index (χ2v) is 4.42. The lowest BCUT2D eigenvalue weighted by Gasteiger charge is -2.06. The first-order valence-corrected chi connectivity index (χ1v) is 5.75. The van der Waals surface area contributed by atoms with Crippen molar-refractivity contribution in [3.8, 4) is 11.8 Å². The minimum Gasteiger partial charge on any atom is -0.487 e. The summed E-state index contributed by atoms with van der Waals surface area (Å²) < 4.78 is 5.52. The van der Waals surface area contributed by atoms with Crippen LogP contribution in [0.5, 0.6) is 5.75 Å². The summed E-state index contributed by atoms with van der Waals surface area (Å²) in [4.78, 5) is 4.95. The molecule has 0 N–H and O–H groups in total. The predicted octanol–water partition coefficient (Wildman–Crippen LogP) is 3.25. The number of halogens is 1. The molecule has 16 heavy (non-hydrogen) atoms. The van der Waals surface area contributed by atoms with Crippen LogP contribution in [-0.4, -0.2) is 4.98 Å². The Hall–Kier alpha value is -1.57. The van der Waals surface area contributed by atoms with E-state index in [2.05, 4.69) is 11.1 Å². The summed E-state index contributed by atoms with van der Waals surface area (Å²) in [6, 6.07) is 7.01. The van der Waals surface area contributed by atoms with Crippen LogP contribution in [-0.2, 0) is 6.61 Å². The first-order chi connectivity index (χ1) is 7.79. The van der Waals surface area contributed by atoms with Gasteiger partial charge in [-0.2, -0.15) is 5.26 Å². The minimum absolute atomic E-state index is 0.402. The van der Waals surface area contributed by atoms with Crippen LogP contribution < -0.4 is 4.74 Å². The van der Waals surface area contributed by atoms with Crippen molar-refractivity contribution in [3.63, 3.8) is 0 Å². The molecule has 5 heteroatoms. The molecule has 0 aliphatic heterocycles. The number of thiazole rings is 1. The van der Waals surface area contributed by atoms with Crippen LogP contribution in [0, 0.1) is 11.3 Å². The second kappa shape index (κ2) is 4.97. The lowest BCUT2D eigenvalue weighted by Crippen LogP contribution is -1.95. The van der Waals surface area contributed by atoms with Gasteiger partial charge in [-0.3, -0.25) is 4.98 Å². The maximum atomic E-state index is 8.88. The van der Waals surface area contributed by atoms with E-state index in [1.54, 1.807) is 29.9 Å². The molecule has 0 atom stereocenters. The Kier molecular flexibility index (Phi) is 3.40. The van der Waals surface area contributed by atoms with Crippen molar-refractivity contribution in [1.82, 2.24) is 4.98 Å². The van der Waals surface area contributed by atoms with Crippen LogP contribution in [0.1, 0.15) is 10.4 Å². The zero-order valence-electron chi connectivity index (χ0n) is 8.18. The highest BCUT2D eigenvalue weighted by Gasteiger charge is 2.05. The van der Waals surface area contributed by atoms with E-state index in [9.17, 15) is 0 Å². The Morgan fingerprint density at radius 1 is 1.50 bits per heavy atom. The van der Waals surface area contributed by atoms with Crippen molar-refractivity contribution in [1.29, 1.82) is 5.26 Å². The van der Waals surface area contributed by atoms with Gasteiger partial charge < -0.3 is 4.74 Å². The molecule has 0 fully saturated rings. The van der Waals surface area contributed by atoms with Gasteiger partial charge in [0.05, 0.1) is 16.0 Å². The van der Waals surface area contributed by atoms with Crippen LogP contribution in [0.3, 0.4) is 0 Å². The highest BCUT2D eigenvalue weighted by Crippen LogP contribution is 2.24. The number of rotatable bonds is 3. The molecule has 0 aliphatic rings.